The maximum atomic E-state index is 14.4. The molecule has 1 aliphatic rings. The Bertz CT molecular complexity index is 371. The first-order valence-electron chi connectivity index (χ1n) is 7.94. The lowest BCUT2D eigenvalue weighted by Crippen LogP contribution is -2.28. The van der Waals surface area contributed by atoms with Crippen LogP contribution in [0.3, 0.4) is 0 Å². The molecule has 0 heterocycles. The zero-order chi connectivity index (χ0) is 13.7. The van der Waals surface area contributed by atoms with Gasteiger partial charge in [-0.05, 0) is 55.6 Å². The second-order valence-corrected chi connectivity index (χ2v) is 6.17. The van der Waals surface area contributed by atoms with Crippen molar-refractivity contribution in [2.75, 3.05) is 0 Å². The Kier molecular flexibility index (Phi) is 5.01. The van der Waals surface area contributed by atoms with Crippen LogP contribution in [0.4, 0.5) is 4.39 Å². The molecular formula is C18H27F. The molecule has 0 spiro atoms. The minimum Gasteiger partial charge on any atom is -0.244 e. The van der Waals surface area contributed by atoms with Gasteiger partial charge < -0.3 is 0 Å². The molecule has 0 amide bonds. The van der Waals surface area contributed by atoms with Crippen LogP contribution >= 0.6 is 0 Å². The fraction of sp³-hybridized carbons (Fsp3) is 0.667. The van der Waals surface area contributed by atoms with Gasteiger partial charge in [0.1, 0.15) is 5.67 Å². The summed E-state index contributed by atoms with van der Waals surface area (Å²) < 4.78 is 14.4. The van der Waals surface area contributed by atoms with E-state index >= 15 is 0 Å². The van der Waals surface area contributed by atoms with Crippen molar-refractivity contribution in [3.05, 3.63) is 35.4 Å². The second-order valence-electron chi connectivity index (χ2n) is 6.17. The van der Waals surface area contributed by atoms with Crippen molar-refractivity contribution >= 4 is 0 Å². The second kappa shape index (κ2) is 6.54. The summed E-state index contributed by atoms with van der Waals surface area (Å²) in [5, 5.41) is 0. The minimum atomic E-state index is -0.868. The molecule has 106 valence electrons. The van der Waals surface area contributed by atoms with Crippen molar-refractivity contribution in [1.82, 2.24) is 0 Å². The molecule has 19 heavy (non-hydrogen) atoms. The molecule has 0 aliphatic heterocycles. The van der Waals surface area contributed by atoms with Crippen LogP contribution in [-0.4, -0.2) is 5.67 Å². The van der Waals surface area contributed by atoms with E-state index in [2.05, 4.69) is 38.1 Å². The summed E-state index contributed by atoms with van der Waals surface area (Å²) in [4.78, 5) is 0. The van der Waals surface area contributed by atoms with Crippen molar-refractivity contribution < 1.29 is 4.39 Å². The summed E-state index contributed by atoms with van der Waals surface area (Å²) in [6.45, 7) is 4.30. The quantitative estimate of drug-likeness (QED) is 0.628. The Balaban J connectivity index is 1.93. The van der Waals surface area contributed by atoms with Crippen LogP contribution < -0.4 is 0 Å². The third-order valence-corrected chi connectivity index (χ3v) is 4.57. The summed E-state index contributed by atoms with van der Waals surface area (Å²) in [5.74, 6) is 0.580. The van der Waals surface area contributed by atoms with Crippen LogP contribution in [0.15, 0.2) is 24.3 Å². The predicted octanol–water partition coefficient (Wildman–Crippen LogP) is 5.81. The van der Waals surface area contributed by atoms with E-state index in [1.807, 2.05) is 0 Å². The van der Waals surface area contributed by atoms with Crippen molar-refractivity contribution in [3.63, 3.8) is 0 Å². The first kappa shape index (κ1) is 14.6. The topological polar surface area (TPSA) is 0 Å². The molecular weight excluding hydrogens is 235 g/mol. The van der Waals surface area contributed by atoms with E-state index in [-0.39, 0.29) is 0 Å². The van der Waals surface area contributed by atoms with Gasteiger partial charge in [-0.25, -0.2) is 4.39 Å². The average molecular weight is 262 g/mol. The van der Waals surface area contributed by atoms with Crippen LogP contribution in [0.2, 0.25) is 0 Å². The molecule has 1 fully saturated rings. The third kappa shape index (κ3) is 3.81. The number of benzene rings is 1. The molecule has 1 aromatic rings. The Morgan fingerprint density at radius 2 is 1.68 bits per heavy atom. The molecule has 0 nitrogen and oxygen atoms in total. The molecule has 1 aromatic carbocycles. The van der Waals surface area contributed by atoms with Gasteiger partial charge in [0.25, 0.3) is 0 Å². The van der Waals surface area contributed by atoms with Crippen LogP contribution in [0.1, 0.15) is 75.8 Å². The highest BCUT2D eigenvalue weighted by Gasteiger charge is 2.34. The van der Waals surface area contributed by atoms with E-state index in [9.17, 15) is 4.39 Å². The lowest BCUT2D eigenvalue weighted by Gasteiger charge is -2.34. The fourth-order valence-electron chi connectivity index (χ4n) is 3.41. The van der Waals surface area contributed by atoms with Gasteiger partial charge in [0.15, 0.2) is 0 Å². The minimum absolute atomic E-state index is 0.580. The molecule has 0 radical (unpaired) electrons. The van der Waals surface area contributed by atoms with Crippen LogP contribution in [0.5, 0.6) is 0 Å². The van der Waals surface area contributed by atoms with Crippen LogP contribution in [-0.2, 0) is 6.42 Å². The van der Waals surface area contributed by atoms with Crippen LogP contribution in [0, 0.1) is 0 Å². The first-order chi connectivity index (χ1) is 9.17. The van der Waals surface area contributed by atoms with Gasteiger partial charge in [0, 0.05) is 0 Å². The summed E-state index contributed by atoms with van der Waals surface area (Å²) in [7, 11) is 0. The molecule has 0 unspecified atom stereocenters. The average Bonchev–Trinajstić information content (AvgIpc) is 2.41. The maximum absolute atomic E-state index is 14.4. The third-order valence-electron chi connectivity index (χ3n) is 4.57. The molecule has 2 rings (SSSR count). The smallest absolute Gasteiger partial charge is 0.111 e. The predicted molar refractivity (Wildman–Crippen MR) is 80.4 cm³/mol. The van der Waals surface area contributed by atoms with E-state index < -0.39 is 5.67 Å². The van der Waals surface area contributed by atoms with Crippen molar-refractivity contribution in [2.45, 2.75) is 76.8 Å². The fourth-order valence-corrected chi connectivity index (χ4v) is 3.41. The van der Waals surface area contributed by atoms with Gasteiger partial charge >= 0.3 is 0 Å². The van der Waals surface area contributed by atoms with E-state index in [0.29, 0.717) is 5.92 Å². The molecule has 1 saturated carbocycles. The van der Waals surface area contributed by atoms with Gasteiger partial charge in [-0.15, -0.1) is 0 Å². The zero-order valence-corrected chi connectivity index (χ0v) is 12.4. The first-order valence-corrected chi connectivity index (χ1v) is 7.94. The van der Waals surface area contributed by atoms with Crippen molar-refractivity contribution in [3.8, 4) is 0 Å². The summed E-state index contributed by atoms with van der Waals surface area (Å²) in [5.41, 5.74) is 1.97. The standard InChI is InChI=1S/C18H27F/c1-3-5-15-6-8-16(9-7-15)17-10-13-18(19,12-4-2)14-11-17/h6-9,17H,3-5,10-14H2,1-2H3. The molecule has 1 heteroatoms. The molecule has 0 atom stereocenters. The van der Waals surface area contributed by atoms with E-state index in [1.54, 1.807) is 0 Å². The normalized spacial score (nSPS) is 27.4. The molecule has 0 bridgehead atoms. The van der Waals surface area contributed by atoms with Gasteiger partial charge in [-0.1, -0.05) is 51.0 Å². The summed E-state index contributed by atoms with van der Waals surface area (Å²) in [6, 6.07) is 9.03. The largest absolute Gasteiger partial charge is 0.244 e. The monoisotopic (exact) mass is 262 g/mol. The summed E-state index contributed by atoms with van der Waals surface area (Å²) in [6.07, 6.45) is 7.61. The highest BCUT2D eigenvalue weighted by atomic mass is 19.1. The van der Waals surface area contributed by atoms with E-state index in [0.717, 1.165) is 44.9 Å². The molecule has 0 N–H and O–H groups in total. The number of hydrogen-bond donors (Lipinski definition) is 0. The molecule has 0 aromatic heterocycles. The molecule has 1 aliphatic carbocycles. The number of alkyl halides is 1. The Morgan fingerprint density at radius 1 is 1.05 bits per heavy atom. The van der Waals surface area contributed by atoms with Crippen molar-refractivity contribution in [1.29, 1.82) is 0 Å². The van der Waals surface area contributed by atoms with E-state index in [1.165, 1.54) is 17.5 Å². The van der Waals surface area contributed by atoms with Gasteiger partial charge in [-0.3, -0.25) is 0 Å². The lowest BCUT2D eigenvalue weighted by atomic mass is 9.75. The van der Waals surface area contributed by atoms with Crippen LogP contribution in [0.25, 0.3) is 0 Å². The summed E-state index contributed by atoms with van der Waals surface area (Å²) >= 11 is 0. The van der Waals surface area contributed by atoms with E-state index in [4.69, 9.17) is 0 Å². The zero-order valence-electron chi connectivity index (χ0n) is 12.4. The highest BCUT2D eigenvalue weighted by molar-refractivity contribution is 5.26. The number of halogens is 1. The van der Waals surface area contributed by atoms with Gasteiger partial charge in [0.2, 0.25) is 0 Å². The Hall–Kier alpha value is -0.850. The SMILES string of the molecule is CCCc1ccc(C2CCC(F)(CCC)CC2)cc1. The maximum Gasteiger partial charge on any atom is 0.111 e. The Morgan fingerprint density at radius 3 is 2.21 bits per heavy atom. The Labute approximate surface area is 117 Å². The molecule has 0 saturated heterocycles. The van der Waals surface area contributed by atoms with Gasteiger partial charge in [0.05, 0.1) is 0 Å². The van der Waals surface area contributed by atoms with Gasteiger partial charge in [-0.2, -0.15) is 0 Å². The lowest BCUT2D eigenvalue weighted by molar-refractivity contribution is 0.0874. The van der Waals surface area contributed by atoms with Crippen molar-refractivity contribution in [2.24, 2.45) is 0 Å². The number of aryl methyl sites for hydroxylation is 1. The highest BCUT2D eigenvalue weighted by Crippen LogP contribution is 2.42. The number of hydrogen-bond acceptors (Lipinski definition) is 0. The number of rotatable bonds is 5.